The zero-order chi connectivity index (χ0) is 17.4. The van der Waals surface area contributed by atoms with Crippen LogP contribution in [0, 0.1) is 0 Å². The van der Waals surface area contributed by atoms with Gasteiger partial charge < -0.3 is 20.5 Å². The number of esters is 1. The van der Waals surface area contributed by atoms with Crippen LogP contribution in [0.25, 0.3) is 0 Å². The van der Waals surface area contributed by atoms with Crippen LogP contribution >= 0.6 is 12.2 Å². The number of aromatic hydroxyl groups is 1. The summed E-state index contributed by atoms with van der Waals surface area (Å²) in [5, 5.41) is 16.0. The van der Waals surface area contributed by atoms with Gasteiger partial charge in [0.1, 0.15) is 5.75 Å². The third kappa shape index (κ3) is 5.89. The van der Waals surface area contributed by atoms with E-state index in [1.165, 1.54) is 7.11 Å². The Hall–Kier alpha value is -2.60. The number of anilines is 1. The molecule has 0 saturated heterocycles. The van der Waals surface area contributed by atoms with E-state index in [-0.39, 0.29) is 18.1 Å². The predicted octanol–water partition coefficient (Wildman–Crippen LogP) is 2.64. The minimum Gasteiger partial charge on any atom is -0.508 e. The molecular weight excluding hydrogens is 324 g/mol. The monoisotopic (exact) mass is 344 g/mol. The molecule has 0 atom stereocenters. The first-order chi connectivity index (χ1) is 11.6. The van der Waals surface area contributed by atoms with Gasteiger partial charge in [-0.2, -0.15) is 0 Å². The van der Waals surface area contributed by atoms with Gasteiger partial charge in [0.2, 0.25) is 0 Å². The molecule has 3 N–H and O–H groups in total. The van der Waals surface area contributed by atoms with E-state index in [1.54, 1.807) is 12.1 Å². The lowest BCUT2D eigenvalue weighted by molar-refractivity contribution is -0.139. The molecule has 0 heterocycles. The number of rotatable bonds is 6. The van der Waals surface area contributed by atoms with E-state index in [0.717, 1.165) is 23.2 Å². The summed E-state index contributed by atoms with van der Waals surface area (Å²) >= 11 is 5.26. The summed E-state index contributed by atoms with van der Waals surface area (Å²) in [4.78, 5) is 11.2. The number of phenolic OH excluding ortho intramolecular Hbond substituents is 1. The maximum absolute atomic E-state index is 11.2. The number of ether oxygens (including phenoxy) is 1. The highest BCUT2D eigenvalue weighted by atomic mass is 32.1. The topological polar surface area (TPSA) is 70.6 Å². The third-order valence-electron chi connectivity index (χ3n) is 3.42. The van der Waals surface area contributed by atoms with Crippen molar-refractivity contribution in [2.45, 2.75) is 12.8 Å². The Kier molecular flexibility index (Phi) is 6.57. The SMILES string of the molecule is COC(=O)Cc1ccc(NC(=S)NCCc2ccc(O)cc2)cc1. The van der Waals surface area contributed by atoms with E-state index in [2.05, 4.69) is 15.4 Å². The average Bonchev–Trinajstić information content (AvgIpc) is 2.58. The van der Waals surface area contributed by atoms with Crippen molar-refractivity contribution < 1.29 is 14.6 Å². The van der Waals surface area contributed by atoms with Crippen LogP contribution in [0.1, 0.15) is 11.1 Å². The zero-order valence-electron chi connectivity index (χ0n) is 13.4. The molecule has 2 aromatic carbocycles. The molecule has 2 aromatic rings. The smallest absolute Gasteiger partial charge is 0.309 e. The van der Waals surface area contributed by atoms with E-state index >= 15 is 0 Å². The van der Waals surface area contributed by atoms with Crippen LogP contribution < -0.4 is 10.6 Å². The summed E-state index contributed by atoms with van der Waals surface area (Å²) in [5.41, 5.74) is 2.86. The van der Waals surface area contributed by atoms with Crippen molar-refractivity contribution in [2.24, 2.45) is 0 Å². The van der Waals surface area contributed by atoms with Crippen molar-refractivity contribution in [3.05, 3.63) is 59.7 Å². The molecule has 0 radical (unpaired) electrons. The molecule has 6 heteroatoms. The van der Waals surface area contributed by atoms with Gasteiger partial charge in [0.15, 0.2) is 5.11 Å². The lowest BCUT2D eigenvalue weighted by Crippen LogP contribution is -2.30. The highest BCUT2D eigenvalue weighted by molar-refractivity contribution is 7.80. The minimum atomic E-state index is -0.262. The maximum atomic E-state index is 11.2. The fourth-order valence-corrected chi connectivity index (χ4v) is 2.32. The Bertz CT molecular complexity index is 684. The average molecular weight is 344 g/mol. The first-order valence-corrected chi connectivity index (χ1v) is 7.96. The molecular formula is C18H20N2O3S. The molecule has 0 aromatic heterocycles. The number of thiocarbonyl (C=S) groups is 1. The van der Waals surface area contributed by atoms with Crippen LogP contribution in [-0.4, -0.2) is 29.8 Å². The van der Waals surface area contributed by atoms with Crippen molar-refractivity contribution in [3.63, 3.8) is 0 Å². The van der Waals surface area contributed by atoms with Gasteiger partial charge >= 0.3 is 5.97 Å². The second-order valence-electron chi connectivity index (χ2n) is 5.25. The second-order valence-corrected chi connectivity index (χ2v) is 5.66. The first-order valence-electron chi connectivity index (χ1n) is 7.55. The van der Waals surface area contributed by atoms with Crippen molar-refractivity contribution in [1.82, 2.24) is 5.32 Å². The van der Waals surface area contributed by atoms with Gasteiger partial charge in [-0.1, -0.05) is 24.3 Å². The lowest BCUT2D eigenvalue weighted by atomic mass is 10.1. The predicted molar refractivity (Wildman–Crippen MR) is 98.2 cm³/mol. The number of nitrogens with one attached hydrogen (secondary N) is 2. The Morgan fingerprint density at radius 1 is 1.08 bits per heavy atom. The van der Waals surface area contributed by atoms with Gasteiger partial charge in [-0.05, 0) is 54.0 Å². The molecule has 0 spiro atoms. The van der Waals surface area contributed by atoms with E-state index in [1.807, 2.05) is 36.4 Å². The molecule has 0 aliphatic heterocycles. The number of benzene rings is 2. The maximum Gasteiger partial charge on any atom is 0.309 e. The standard InChI is InChI=1S/C18H20N2O3S/c1-23-17(22)12-14-2-6-15(7-3-14)20-18(24)19-11-10-13-4-8-16(21)9-5-13/h2-9,21H,10-12H2,1H3,(H2,19,20,24). The molecule has 126 valence electrons. The number of hydrogen-bond acceptors (Lipinski definition) is 4. The molecule has 0 bridgehead atoms. The number of carbonyl (C=O) groups excluding carboxylic acids is 1. The summed E-state index contributed by atoms with van der Waals surface area (Å²) in [5.74, 6) is 0.00155. The van der Waals surface area contributed by atoms with Crippen LogP contribution in [0.3, 0.4) is 0 Å². The van der Waals surface area contributed by atoms with Gasteiger partial charge in [0, 0.05) is 12.2 Å². The van der Waals surface area contributed by atoms with Crippen LogP contribution in [0.2, 0.25) is 0 Å². The van der Waals surface area contributed by atoms with E-state index < -0.39 is 0 Å². The first kappa shape index (κ1) is 17.7. The van der Waals surface area contributed by atoms with E-state index in [4.69, 9.17) is 12.2 Å². The van der Waals surface area contributed by atoms with E-state index in [9.17, 15) is 9.90 Å². The molecule has 2 rings (SSSR count). The Balaban J connectivity index is 1.75. The fourth-order valence-electron chi connectivity index (χ4n) is 2.10. The van der Waals surface area contributed by atoms with E-state index in [0.29, 0.717) is 11.7 Å². The Morgan fingerprint density at radius 2 is 1.71 bits per heavy atom. The fraction of sp³-hybridized carbons (Fsp3) is 0.222. The Morgan fingerprint density at radius 3 is 2.33 bits per heavy atom. The van der Waals surface area contributed by atoms with Crippen molar-refractivity contribution in [2.75, 3.05) is 19.0 Å². The van der Waals surface area contributed by atoms with Gasteiger partial charge in [-0.15, -0.1) is 0 Å². The second kappa shape index (κ2) is 8.88. The molecule has 24 heavy (non-hydrogen) atoms. The van der Waals surface area contributed by atoms with Crippen molar-refractivity contribution in [1.29, 1.82) is 0 Å². The molecule has 0 aliphatic rings. The quantitative estimate of drug-likeness (QED) is 0.553. The van der Waals surface area contributed by atoms with Crippen LogP contribution in [0.5, 0.6) is 5.75 Å². The summed E-state index contributed by atoms with van der Waals surface area (Å²) in [7, 11) is 1.38. The van der Waals surface area contributed by atoms with Crippen LogP contribution in [-0.2, 0) is 22.4 Å². The van der Waals surface area contributed by atoms with Gasteiger partial charge in [-0.25, -0.2) is 0 Å². The molecule has 0 aliphatic carbocycles. The molecule has 0 fully saturated rings. The van der Waals surface area contributed by atoms with Crippen molar-refractivity contribution in [3.8, 4) is 5.75 Å². The molecule has 0 saturated carbocycles. The molecule has 0 unspecified atom stereocenters. The number of carbonyl (C=O) groups is 1. The van der Waals surface area contributed by atoms with Gasteiger partial charge in [0.25, 0.3) is 0 Å². The van der Waals surface area contributed by atoms with Gasteiger partial charge in [0.05, 0.1) is 13.5 Å². The highest BCUT2D eigenvalue weighted by Crippen LogP contribution is 2.11. The zero-order valence-corrected chi connectivity index (χ0v) is 14.2. The minimum absolute atomic E-state index is 0.256. The highest BCUT2D eigenvalue weighted by Gasteiger charge is 2.03. The number of methoxy groups -OCH3 is 1. The molecule has 0 amide bonds. The summed E-state index contributed by atoms with van der Waals surface area (Å²) in [6, 6.07) is 14.6. The number of hydrogen-bond donors (Lipinski definition) is 3. The largest absolute Gasteiger partial charge is 0.508 e. The lowest BCUT2D eigenvalue weighted by Gasteiger charge is -2.11. The summed E-state index contributed by atoms with van der Waals surface area (Å²) < 4.78 is 4.64. The van der Waals surface area contributed by atoms with Crippen LogP contribution in [0.15, 0.2) is 48.5 Å². The third-order valence-corrected chi connectivity index (χ3v) is 3.67. The van der Waals surface area contributed by atoms with Gasteiger partial charge in [-0.3, -0.25) is 4.79 Å². The Labute approximate surface area is 146 Å². The normalized spacial score (nSPS) is 10.0. The summed E-state index contributed by atoms with van der Waals surface area (Å²) in [6.07, 6.45) is 1.06. The molecule has 5 nitrogen and oxygen atoms in total. The summed E-state index contributed by atoms with van der Waals surface area (Å²) in [6.45, 7) is 0.692. The van der Waals surface area contributed by atoms with Crippen LogP contribution in [0.4, 0.5) is 5.69 Å². The number of phenols is 1. The van der Waals surface area contributed by atoms with Crippen molar-refractivity contribution >= 4 is 29.0 Å².